The lowest BCUT2D eigenvalue weighted by Gasteiger charge is -2.11. The zero-order valence-electron chi connectivity index (χ0n) is 7.22. The minimum atomic E-state index is -1.28. The monoisotopic (exact) mass is 187 g/mol. The number of benzene rings is 1. The van der Waals surface area contributed by atoms with Crippen LogP contribution in [0.15, 0.2) is 12.1 Å². The second-order valence-corrected chi connectivity index (χ2v) is 2.84. The van der Waals surface area contributed by atoms with Crippen molar-refractivity contribution in [3.8, 4) is 0 Å². The Morgan fingerprint density at radius 2 is 2.08 bits per heavy atom. The number of aliphatic hydroxyl groups excluding tert-OH is 1. The Labute approximate surface area is 75.0 Å². The highest BCUT2D eigenvalue weighted by atomic mass is 19.1. The molecule has 1 rings (SSSR count). The number of nitrogens with two attached hydrogens (primary N) is 1. The largest absolute Gasteiger partial charge is 0.387 e. The molecule has 0 spiro atoms. The van der Waals surface area contributed by atoms with Crippen molar-refractivity contribution in [3.63, 3.8) is 0 Å². The van der Waals surface area contributed by atoms with Crippen LogP contribution in [0.4, 0.5) is 8.78 Å². The van der Waals surface area contributed by atoms with Crippen LogP contribution in [0.3, 0.4) is 0 Å². The maximum Gasteiger partial charge on any atom is 0.134 e. The molecule has 1 aromatic carbocycles. The van der Waals surface area contributed by atoms with Gasteiger partial charge in [-0.05, 0) is 18.6 Å². The normalized spacial score (nSPS) is 13.0. The zero-order chi connectivity index (χ0) is 10.0. The Bertz CT molecular complexity index is 315. The molecule has 13 heavy (non-hydrogen) atoms. The van der Waals surface area contributed by atoms with Crippen LogP contribution >= 0.6 is 0 Å². The molecule has 72 valence electrons. The molecule has 0 saturated heterocycles. The van der Waals surface area contributed by atoms with Gasteiger partial charge in [0, 0.05) is 6.54 Å². The van der Waals surface area contributed by atoms with Gasteiger partial charge in [-0.2, -0.15) is 0 Å². The third-order valence-electron chi connectivity index (χ3n) is 1.88. The smallest absolute Gasteiger partial charge is 0.134 e. The molecule has 4 heteroatoms. The van der Waals surface area contributed by atoms with Crippen molar-refractivity contribution in [1.29, 1.82) is 0 Å². The molecule has 0 amide bonds. The van der Waals surface area contributed by atoms with E-state index in [0.717, 1.165) is 6.07 Å². The molecule has 3 N–H and O–H groups in total. The van der Waals surface area contributed by atoms with Gasteiger partial charge in [0.1, 0.15) is 11.6 Å². The third-order valence-corrected chi connectivity index (χ3v) is 1.88. The number of aliphatic hydroxyl groups is 1. The van der Waals surface area contributed by atoms with E-state index in [2.05, 4.69) is 0 Å². The van der Waals surface area contributed by atoms with E-state index >= 15 is 0 Å². The molecule has 0 unspecified atom stereocenters. The molecule has 1 atom stereocenters. The van der Waals surface area contributed by atoms with Gasteiger partial charge in [-0.25, -0.2) is 8.78 Å². The van der Waals surface area contributed by atoms with Crippen molar-refractivity contribution in [3.05, 3.63) is 34.9 Å². The molecular formula is C9H11F2NO. The van der Waals surface area contributed by atoms with Gasteiger partial charge in [-0.1, -0.05) is 6.07 Å². The lowest BCUT2D eigenvalue weighted by atomic mass is 10.0. The molecular weight excluding hydrogens is 176 g/mol. The van der Waals surface area contributed by atoms with Crippen LogP contribution < -0.4 is 5.73 Å². The molecule has 0 bridgehead atoms. The summed E-state index contributed by atoms with van der Waals surface area (Å²) in [6, 6.07) is 2.43. The number of aryl methyl sites for hydroxylation is 1. The molecule has 0 saturated carbocycles. The molecule has 1 aromatic rings. The number of rotatable bonds is 2. The fourth-order valence-electron chi connectivity index (χ4n) is 1.10. The Balaban J connectivity index is 3.25. The van der Waals surface area contributed by atoms with Crippen LogP contribution in [0.1, 0.15) is 17.2 Å². The first-order valence-electron chi connectivity index (χ1n) is 3.90. The van der Waals surface area contributed by atoms with E-state index < -0.39 is 17.7 Å². The lowest BCUT2D eigenvalue weighted by Crippen LogP contribution is -2.15. The van der Waals surface area contributed by atoms with E-state index in [0.29, 0.717) is 5.56 Å². The fourth-order valence-corrected chi connectivity index (χ4v) is 1.10. The lowest BCUT2D eigenvalue weighted by molar-refractivity contribution is 0.176. The number of hydrogen-bond acceptors (Lipinski definition) is 2. The van der Waals surface area contributed by atoms with Crippen molar-refractivity contribution in [2.24, 2.45) is 5.73 Å². The van der Waals surface area contributed by atoms with Gasteiger partial charge in [0.2, 0.25) is 0 Å². The fraction of sp³-hybridized carbons (Fsp3) is 0.333. The summed E-state index contributed by atoms with van der Waals surface area (Å²) in [6.45, 7) is 1.30. The first kappa shape index (κ1) is 10.1. The third kappa shape index (κ3) is 1.84. The van der Waals surface area contributed by atoms with Crippen LogP contribution in [-0.2, 0) is 0 Å². The average Bonchev–Trinajstić information content (AvgIpc) is 2.12. The Hall–Kier alpha value is -1.00. The summed E-state index contributed by atoms with van der Waals surface area (Å²) >= 11 is 0. The van der Waals surface area contributed by atoms with E-state index in [4.69, 9.17) is 5.73 Å². The average molecular weight is 187 g/mol. The van der Waals surface area contributed by atoms with Crippen LogP contribution in [-0.4, -0.2) is 11.7 Å². The van der Waals surface area contributed by atoms with E-state index in [-0.39, 0.29) is 12.1 Å². The van der Waals surface area contributed by atoms with E-state index in [1.54, 1.807) is 0 Å². The van der Waals surface area contributed by atoms with Gasteiger partial charge in [0.25, 0.3) is 0 Å². The first-order chi connectivity index (χ1) is 6.07. The summed E-state index contributed by atoms with van der Waals surface area (Å²) in [5.41, 5.74) is 5.06. The standard InChI is InChI=1S/C9H11F2NO/c1-5-2-3-6(10)8(9(5)11)7(13)4-12/h2-3,7,13H,4,12H2,1H3/t7-/m0/s1. The van der Waals surface area contributed by atoms with Gasteiger partial charge in [0.05, 0.1) is 11.7 Å². The van der Waals surface area contributed by atoms with Crippen molar-refractivity contribution in [1.82, 2.24) is 0 Å². The van der Waals surface area contributed by atoms with Crippen LogP contribution in [0.5, 0.6) is 0 Å². The minimum Gasteiger partial charge on any atom is -0.387 e. The van der Waals surface area contributed by atoms with Crippen molar-refractivity contribution in [2.45, 2.75) is 13.0 Å². The minimum absolute atomic E-state index is 0.197. The van der Waals surface area contributed by atoms with Gasteiger partial charge in [-0.15, -0.1) is 0 Å². The predicted octanol–water partition coefficient (Wildman–Crippen LogP) is 1.27. The number of halogens is 2. The highest BCUT2D eigenvalue weighted by Gasteiger charge is 2.17. The summed E-state index contributed by atoms with van der Waals surface area (Å²) in [5, 5.41) is 9.21. The van der Waals surface area contributed by atoms with E-state index in [9.17, 15) is 13.9 Å². The molecule has 0 aromatic heterocycles. The molecule has 0 radical (unpaired) electrons. The van der Waals surface area contributed by atoms with Crippen LogP contribution in [0.25, 0.3) is 0 Å². The maximum absolute atomic E-state index is 13.2. The van der Waals surface area contributed by atoms with E-state index in [1.807, 2.05) is 0 Å². The maximum atomic E-state index is 13.2. The molecule has 0 heterocycles. The van der Waals surface area contributed by atoms with Gasteiger partial charge < -0.3 is 10.8 Å². The van der Waals surface area contributed by atoms with Gasteiger partial charge >= 0.3 is 0 Å². The molecule has 2 nitrogen and oxygen atoms in total. The highest BCUT2D eigenvalue weighted by molar-refractivity contribution is 5.28. The van der Waals surface area contributed by atoms with Gasteiger partial charge in [-0.3, -0.25) is 0 Å². The van der Waals surface area contributed by atoms with Crippen molar-refractivity contribution >= 4 is 0 Å². The Kier molecular flexibility index (Phi) is 2.95. The second kappa shape index (κ2) is 3.81. The quantitative estimate of drug-likeness (QED) is 0.732. The van der Waals surface area contributed by atoms with Gasteiger partial charge in [0.15, 0.2) is 0 Å². The molecule has 0 aliphatic carbocycles. The summed E-state index contributed by atoms with van der Waals surface area (Å²) < 4.78 is 26.3. The zero-order valence-corrected chi connectivity index (χ0v) is 7.22. The predicted molar refractivity (Wildman–Crippen MR) is 45.1 cm³/mol. The van der Waals surface area contributed by atoms with E-state index in [1.165, 1.54) is 13.0 Å². The summed E-state index contributed by atoms with van der Waals surface area (Å²) in [6.07, 6.45) is -1.28. The molecule has 0 fully saturated rings. The number of hydrogen-bond donors (Lipinski definition) is 2. The Morgan fingerprint density at radius 1 is 1.46 bits per heavy atom. The molecule has 0 aliphatic rings. The SMILES string of the molecule is Cc1ccc(F)c([C@@H](O)CN)c1F. The molecule has 0 aliphatic heterocycles. The summed E-state index contributed by atoms with van der Waals surface area (Å²) in [5.74, 6) is -1.49. The van der Waals surface area contributed by atoms with Crippen molar-refractivity contribution < 1.29 is 13.9 Å². The van der Waals surface area contributed by atoms with Crippen LogP contribution in [0, 0.1) is 18.6 Å². The summed E-state index contributed by atoms with van der Waals surface area (Å²) in [4.78, 5) is 0. The second-order valence-electron chi connectivity index (χ2n) is 2.84. The van der Waals surface area contributed by atoms with Crippen molar-refractivity contribution in [2.75, 3.05) is 6.54 Å². The highest BCUT2D eigenvalue weighted by Crippen LogP contribution is 2.22. The summed E-state index contributed by atoms with van der Waals surface area (Å²) in [7, 11) is 0. The Morgan fingerprint density at radius 3 is 2.62 bits per heavy atom. The topological polar surface area (TPSA) is 46.2 Å². The first-order valence-corrected chi connectivity index (χ1v) is 3.90. The van der Waals surface area contributed by atoms with Crippen LogP contribution in [0.2, 0.25) is 0 Å².